The van der Waals surface area contributed by atoms with Gasteiger partial charge in [0.25, 0.3) is 0 Å². The first kappa shape index (κ1) is 12.9. The average molecular weight is 251 g/mol. The van der Waals surface area contributed by atoms with Gasteiger partial charge in [-0.25, -0.2) is 0 Å². The van der Waals surface area contributed by atoms with Crippen molar-refractivity contribution >= 4 is 11.8 Å². The summed E-state index contributed by atoms with van der Waals surface area (Å²) in [5.41, 5.74) is 0.727. The van der Waals surface area contributed by atoms with Crippen molar-refractivity contribution < 1.29 is 5.11 Å². The topological polar surface area (TPSA) is 32.3 Å². The Kier molecular flexibility index (Phi) is 4.13. The summed E-state index contributed by atoms with van der Waals surface area (Å²) in [6, 6.07) is 9.32. The van der Waals surface area contributed by atoms with Gasteiger partial charge in [0.05, 0.1) is 5.60 Å². The zero-order valence-electron chi connectivity index (χ0n) is 10.6. The SMILES string of the molecule is CC(C)(O)CSc1cccc(CNC2CC2)c1. The monoisotopic (exact) mass is 251 g/mol. The molecule has 0 bridgehead atoms. The summed E-state index contributed by atoms with van der Waals surface area (Å²) in [6.45, 7) is 4.65. The van der Waals surface area contributed by atoms with Crippen molar-refractivity contribution in [2.45, 2.75) is 49.8 Å². The summed E-state index contributed by atoms with van der Waals surface area (Å²) < 4.78 is 0. The fraction of sp³-hybridized carbons (Fsp3) is 0.571. The van der Waals surface area contributed by atoms with Gasteiger partial charge < -0.3 is 10.4 Å². The molecule has 3 heteroatoms. The largest absolute Gasteiger partial charge is 0.390 e. The van der Waals surface area contributed by atoms with E-state index in [4.69, 9.17) is 0 Å². The third-order valence-electron chi connectivity index (χ3n) is 2.66. The summed E-state index contributed by atoms with van der Waals surface area (Å²) >= 11 is 1.71. The first-order valence-electron chi connectivity index (χ1n) is 6.20. The van der Waals surface area contributed by atoms with Gasteiger partial charge in [-0.3, -0.25) is 0 Å². The first-order chi connectivity index (χ1) is 8.03. The molecule has 1 aromatic carbocycles. The molecule has 0 heterocycles. The Bertz CT molecular complexity index is 369. The van der Waals surface area contributed by atoms with Gasteiger partial charge in [-0.05, 0) is 44.4 Å². The molecule has 2 nitrogen and oxygen atoms in total. The van der Waals surface area contributed by atoms with Crippen molar-refractivity contribution in [2.75, 3.05) is 5.75 Å². The number of rotatable bonds is 6. The third-order valence-corrected chi connectivity index (χ3v) is 4.10. The van der Waals surface area contributed by atoms with E-state index in [0.29, 0.717) is 0 Å². The lowest BCUT2D eigenvalue weighted by molar-refractivity contribution is 0.107. The second-order valence-electron chi connectivity index (χ2n) is 5.40. The fourth-order valence-electron chi connectivity index (χ4n) is 1.55. The molecule has 1 aliphatic carbocycles. The Morgan fingerprint density at radius 2 is 2.18 bits per heavy atom. The van der Waals surface area contributed by atoms with E-state index >= 15 is 0 Å². The molecule has 94 valence electrons. The molecule has 0 spiro atoms. The fourth-order valence-corrected chi connectivity index (χ4v) is 2.48. The summed E-state index contributed by atoms with van der Waals surface area (Å²) in [5.74, 6) is 0.729. The second kappa shape index (κ2) is 5.42. The van der Waals surface area contributed by atoms with E-state index in [2.05, 4.69) is 29.6 Å². The van der Waals surface area contributed by atoms with Crippen molar-refractivity contribution in [1.82, 2.24) is 5.32 Å². The highest BCUT2D eigenvalue weighted by Crippen LogP contribution is 2.24. The zero-order valence-corrected chi connectivity index (χ0v) is 11.4. The van der Waals surface area contributed by atoms with Crippen molar-refractivity contribution in [2.24, 2.45) is 0 Å². The highest BCUT2D eigenvalue weighted by Gasteiger charge is 2.20. The molecule has 0 saturated heterocycles. The quantitative estimate of drug-likeness (QED) is 0.763. The van der Waals surface area contributed by atoms with E-state index in [0.717, 1.165) is 18.3 Å². The minimum absolute atomic E-state index is 0.604. The van der Waals surface area contributed by atoms with E-state index in [1.165, 1.54) is 23.3 Å². The van der Waals surface area contributed by atoms with E-state index in [1.807, 2.05) is 13.8 Å². The molecule has 0 amide bonds. The van der Waals surface area contributed by atoms with Crippen LogP contribution < -0.4 is 5.32 Å². The van der Waals surface area contributed by atoms with Crippen LogP contribution in [0.15, 0.2) is 29.2 Å². The highest BCUT2D eigenvalue weighted by atomic mass is 32.2. The van der Waals surface area contributed by atoms with Crippen LogP contribution in [0, 0.1) is 0 Å². The molecule has 1 fully saturated rings. The van der Waals surface area contributed by atoms with Crippen LogP contribution in [0.5, 0.6) is 0 Å². The van der Waals surface area contributed by atoms with Crippen molar-refractivity contribution in [3.05, 3.63) is 29.8 Å². The molecule has 2 rings (SSSR count). The van der Waals surface area contributed by atoms with E-state index in [1.54, 1.807) is 11.8 Å². The Balaban J connectivity index is 1.86. The van der Waals surface area contributed by atoms with Crippen LogP contribution in [0.3, 0.4) is 0 Å². The van der Waals surface area contributed by atoms with Crippen LogP contribution >= 0.6 is 11.8 Å². The standard InChI is InChI=1S/C14H21NOS/c1-14(2,16)10-17-13-5-3-4-11(8-13)9-15-12-6-7-12/h3-5,8,12,15-16H,6-7,9-10H2,1-2H3. The van der Waals surface area contributed by atoms with Crippen molar-refractivity contribution in [3.8, 4) is 0 Å². The molecule has 1 aliphatic rings. The first-order valence-corrected chi connectivity index (χ1v) is 7.19. The maximum Gasteiger partial charge on any atom is 0.0685 e. The number of hydrogen-bond acceptors (Lipinski definition) is 3. The Morgan fingerprint density at radius 3 is 2.82 bits per heavy atom. The van der Waals surface area contributed by atoms with Crippen LogP contribution in [-0.4, -0.2) is 22.5 Å². The van der Waals surface area contributed by atoms with Crippen LogP contribution in [0.4, 0.5) is 0 Å². The van der Waals surface area contributed by atoms with Gasteiger partial charge in [-0.2, -0.15) is 0 Å². The van der Waals surface area contributed by atoms with Gasteiger partial charge in [-0.1, -0.05) is 12.1 Å². The minimum atomic E-state index is -0.604. The van der Waals surface area contributed by atoms with Crippen LogP contribution in [-0.2, 0) is 6.54 Å². The summed E-state index contributed by atoms with van der Waals surface area (Å²) in [6.07, 6.45) is 2.65. The zero-order chi connectivity index (χ0) is 12.3. The van der Waals surface area contributed by atoms with Crippen LogP contribution in [0.2, 0.25) is 0 Å². The van der Waals surface area contributed by atoms with Crippen LogP contribution in [0.1, 0.15) is 32.3 Å². The number of benzene rings is 1. The van der Waals surface area contributed by atoms with E-state index < -0.39 is 5.60 Å². The molecular formula is C14H21NOS. The summed E-state index contributed by atoms with van der Waals surface area (Å²) in [5, 5.41) is 13.2. The van der Waals surface area contributed by atoms with Crippen molar-refractivity contribution in [1.29, 1.82) is 0 Å². The molecular weight excluding hydrogens is 230 g/mol. The summed E-state index contributed by atoms with van der Waals surface area (Å²) in [4.78, 5) is 1.24. The lowest BCUT2D eigenvalue weighted by atomic mass is 10.2. The van der Waals surface area contributed by atoms with Gasteiger partial charge in [0.2, 0.25) is 0 Å². The predicted molar refractivity (Wildman–Crippen MR) is 73.3 cm³/mol. The molecule has 0 radical (unpaired) electrons. The molecule has 1 saturated carbocycles. The smallest absolute Gasteiger partial charge is 0.0685 e. The van der Waals surface area contributed by atoms with Gasteiger partial charge in [0.15, 0.2) is 0 Å². The normalized spacial score (nSPS) is 16.2. The third kappa shape index (κ3) is 5.11. The Hall–Kier alpha value is -0.510. The van der Waals surface area contributed by atoms with Gasteiger partial charge in [0, 0.05) is 23.2 Å². The molecule has 2 N–H and O–H groups in total. The maximum absolute atomic E-state index is 9.70. The number of aliphatic hydroxyl groups is 1. The lowest BCUT2D eigenvalue weighted by Gasteiger charge is -2.16. The molecule has 17 heavy (non-hydrogen) atoms. The summed E-state index contributed by atoms with van der Waals surface area (Å²) in [7, 11) is 0. The van der Waals surface area contributed by atoms with Gasteiger partial charge in [0.1, 0.15) is 0 Å². The van der Waals surface area contributed by atoms with E-state index in [9.17, 15) is 5.11 Å². The molecule has 0 atom stereocenters. The second-order valence-corrected chi connectivity index (χ2v) is 6.45. The maximum atomic E-state index is 9.70. The van der Waals surface area contributed by atoms with Gasteiger partial charge >= 0.3 is 0 Å². The van der Waals surface area contributed by atoms with Crippen molar-refractivity contribution in [3.63, 3.8) is 0 Å². The molecule has 1 aromatic rings. The Morgan fingerprint density at radius 1 is 1.41 bits per heavy atom. The Labute approximate surface area is 108 Å². The van der Waals surface area contributed by atoms with Crippen LogP contribution in [0.25, 0.3) is 0 Å². The molecule has 0 unspecified atom stereocenters. The average Bonchev–Trinajstić information content (AvgIpc) is 3.07. The number of thioether (sulfide) groups is 1. The molecule has 0 aliphatic heterocycles. The lowest BCUT2D eigenvalue weighted by Crippen LogP contribution is -2.21. The van der Waals surface area contributed by atoms with E-state index in [-0.39, 0.29) is 0 Å². The number of hydrogen-bond donors (Lipinski definition) is 2. The number of nitrogens with one attached hydrogen (secondary N) is 1. The molecule has 0 aromatic heterocycles. The van der Waals surface area contributed by atoms with Gasteiger partial charge in [-0.15, -0.1) is 11.8 Å². The highest BCUT2D eigenvalue weighted by molar-refractivity contribution is 7.99. The predicted octanol–water partition coefficient (Wildman–Crippen LogP) is 2.80. The minimum Gasteiger partial charge on any atom is -0.390 e.